The Kier molecular flexibility index (Phi) is 18.7. The lowest BCUT2D eigenvalue weighted by Gasteiger charge is -2.35. The van der Waals surface area contributed by atoms with Crippen LogP contribution in [0.1, 0.15) is 101 Å². The smallest absolute Gasteiger partial charge is 0.408 e. The van der Waals surface area contributed by atoms with E-state index in [4.69, 9.17) is 9.47 Å². The number of hydrogen-bond acceptors (Lipinski definition) is 8. The second kappa shape index (κ2) is 20.7. The summed E-state index contributed by atoms with van der Waals surface area (Å²) in [6.45, 7) is 20.6. The van der Waals surface area contributed by atoms with Crippen LogP contribution in [-0.4, -0.2) is 82.5 Å². The van der Waals surface area contributed by atoms with E-state index in [1.807, 2.05) is 85.1 Å². The van der Waals surface area contributed by atoms with Gasteiger partial charge in [-0.25, -0.2) is 4.79 Å². The fraction of sp³-hybridized carbons (Fsp3) is 0.730. The highest BCUT2D eigenvalue weighted by Gasteiger charge is 2.37. The summed E-state index contributed by atoms with van der Waals surface area (Å²) in [6, 6.07) is 6.95. The maximum atomic E-state index is 13.9. The lowest BCUT2D eigenvalue weighted by Crippen LogP contribution is -2.57. The van der Waals surface area contributed by atoms with Crippen molar-refractivity contribution in [1.29, 1.82) is 0 Å². The topological polar surface area (TPSA) is 155 Å². The third kappa shape index (κ3) is 18.1. The monoisotopic (exact) mass is 708 g/mol. The summed E-state index contributed by atoms with van der Waals surface area (Å²) >= 11 is 1.57. The summed E-state index contributed by atoms with van der Waals surface area (Å²) in [5, 5.41) is 23.0. The maximum absolute atomic E-state index is 13.9. The van der Waals surface area contributed by atoms with Gasteiger partial charge >= 0.3 is 6.09 Å². The molecule has 1 aromatic rings. The number of thioether (sulfide) groups is 1. The molecular weight excluding hydrogens is 644 g/mol. The van der Waals surface area contributed by atoms with Crippen molar-refractivity contribution in [1.82, 2.24) is 21.3 Å². The molecule has 1 aromatic carbocycles. The normalized spacial score (nSPS) is 15.8. The van der Waals surface area contributed by atoms with E-state index in [2.05, 4.69) is 21.3 Å². The van der Waals surface area contributed by atoms with Crippen LogP contribution in [0, 0.1) is 17.8 Å². The second-order valence-electron chi connectivity index (χ2n) is 15.5. The Hall–Kier alpha value is -2.83. The van der Waals surface area contributed by atoms with E-state index in [1.54, 1.807) is 39.5 Å². The minimum absolute atomic E-state index is 0.00694. The molecule has 5 N–H and O–H groups in total. The van der Waals surface area contributed by atoms with Crippen LogP contribution in [-0.2, 0) is 30.4 Å². The number of benzene rings is 1. The molecule has 2 unspecified atom stereocenters. The number of ether oxygens (including phenoxy) is 2. The fourth-order valence-electron chi connectivity index (χ4n) is 5.40. The molecule has 0 saturated carbocycles. The van der Waals surface area contributed by atoms with Crippen molar-refractivity contribution in [3.05, 3.63) is 35.9 Å². The molecule has 0 aliphatic heterocycles. The molecule has 0 heterocycles. The van der Waals surface area contributed by atoms with Gasteiger partial charge in [0.2, 0.25) is 17.7 Å². The molecule has 49 heavy (non-hydrogen) atoms. The van der Waals surface area contributed by atoms with Gasteiger partial charge in [0.05, 0.1) is 23.9 Å². The molecule has 0 aliphatic carbocycles. The molecular formula is C37H64N4O7S. The lowest BCUT2D eigenvalue weighted by atomic mass is 9.87. The molecule has 280 valence electrons. The van der Waals surface area contributed by atoms with E-state index in [1.165, 1.54) is 0 Å². The zero-order valence-electron chi connectivity index (χ0n) is 31.8. The van der Waals surface area contributed by atoms with E-state index in [0.717, 1.165) is 5.56 Å². The van der Waals surface area contributed by atoms with Crippen molar-refractivity contribution in [2.45, 2.75) is 144 Å². The summed E-state index contributed by atoms with van der Waals surface area (Å²) < 4.78 is 11.6. The molecule has 0 spiro atoms. The lowest BCUT2D eigenvalue weighted by molar-refractivity contribution is -0.135. The summed E-state index contributed by atoms with van der Waals surface area (Å²) in [4.78, 5) is 53.5. The van der Waals surface area contributed by atoms with Gasteiger partial charge in [0.15, 0.2) is 0 Å². The van der Waals surface area contributed by atoms with E-state index in [0.29, 0.717) is 25.1 Å². The predicted molar refractivity (Wildman–Crippen MR) is 197 cm³/mol. The number of carbonyl (C=O) groups excluding carboxylic acids is 4. The highest BCUT2D eigenvalue weighted by molar-refractivity contribution is 7.98. The van der Waals surface area contributed by atoms with Gasteiger partial charge in [-0.2, -0.15) is 11.8 Å². The van der Waals surface area contributed by atoms with Crippen LogP contribution in [0.2, 0.25) is 0 Å². The number of nitrogens with one attached hydrogen (secondary N) is 4. The van der Waals surface area contributed by atoms with Gasteiger partial charge in [-0.15, -0.1) is 0 Å². The first-order valence-electron chi connectivity index (χ1n) is 17.4. The van der Waals surface area contributed by atoms with Crippen molar-refractivity contribution in [3.8, 4) is 0 Å². The number of aliphatic hydroxyl groups excluding tert-OH is 1. The Labute approximate surface area is 299 Å². The largest absolute Gasteiger partial charge is 0.444 e. The zero-order chi connectivity index (χ0) is 37.5. The third-order valence-corrected chi connectivity index (χ3v) is 8.24. The van der Waals surface area contributed by atoms with Crippen LogP contribution < -0.4 is 21.3 Å². The minimum atomic E-state index is -1.17. The van der Waals surface area contributed by atoms with Crippen molar-refractivity contribution >= 4 is 35.6 Å². The minimum Gasteiger partial charge on any atom is -0.444 e. The predicted octanol–water partition coefficient (Wildman–Crippen LogP) is 5.19. The summed E-state index contributed by atoms with van der Waals surface area (Å²) in [7, 11) is 0. The average molecular weight is 709 g/mol. The van der Waals surface area contributed by atoms with E-state index >= 15 is 0 Å². The van der Waals surface area contributed by atoms with Crippen LogP contribution in [0.25, 0.3) is 0 Å². The van der Waals surface area contributed by atoms with Gasteiger partial charge in [-0.05, 0) is 97.1 Å². The standard InChI is InChI=1S/C37H64N4O7S/c1-23(2)20-27(21-29(42)31(25(5)47-36(6,7)8)41-35(46)48-37(9,10)11)32(43)40-30(24(3)4)34(45)39-28(18-19-49-12)33(44)38-22-26-16-14-13-15-17-26/h13-17,23-25,27-31,42H,18-22H2,1-12H3,(H,38,44)(H,39,45)(H,40,43)(H,41,46)/t25?,27-,28+,29+,30+,31?/m1/s1. The Morgan fingerprint density at radius 1 is 0.816 bits per heavy atom. The quantitative estimate of drug-likeness (QED) is 0.132. The number of carbonyl (C=O) groups is 4. The van der Waals surface area contributed by atoms with Crippen molar-refractivity contribution in [3.63, 3.8) is 0 Å². The number of rotatable bonds is 19. The van der Waals surface area contributed by atoms with E-state index < -0.39 is 65.4 Å². The van der Waals surface area contributed by atoms with Gasteiger partial charge in [0.25, 0.3) is 0 Å². The molecule has 6 atom stereocenters. The van der Waals surface area contributed by atoms with Crippen LogP contribution >= 0.6 is 11.8 Å². The Morgan fingerprint density at radius 3 is 1.94 bits per heavy atom. The molecule has 1 rings (SSSR count). The fourth-order valence-corrected chi connectivity index (χ4v) is 5.87. The Morgan fingerprint density at radius 2 is 1.43 bits per heavy atom. The van der Waals surface area contributed by atoms with Crippen LogP contribution in [0.3, 0.4) is 0 Å². The summed E-state index contributed by atoms with van der Waals surface area (Å²) in [6.07, 6.45) is 0.306. The summed E-state index contributed by atoms with van der Waals surface area (Å²) in [5.74, 6) is -1.36. The third-order valence-electron chi connectivity index (χ3n) is 7.60. The zero-order valence-corrected chi connectivity index (χ0v) is 32.7. The first-order chi connectivity index (χ1) is 22.6. The molecule has 0 fully saturated rings. The molecule has 0 bridgehead atoms. The number of aliphatic hydroxyl groups is 1. The number of hydrogen-bond donors (Lipinski definition) is 5. The van der Waals surface area contributed by atoms with Crippen molar-refractivity contribution < 1.29 is 33.8 Å². The Balaban J connectivity index is 3.18. The second-order valence-corrected chi connectivity index (χ2v) is 16.5. The van der Waals surface area contributed by atoms with Crippen LogP contribution in [0.4, 0.5) is 4.79 Å². The number of alkyl carbamates (subject to hydrolysis) is 1. The molecule has 0 radical (unpaired) electrons. The highest BCUT2D eigenvalue weighted by Crippen LogP contribution is 2.24. The van der Waals surface area contributed by atoms with Gasteiger partial charge in [0.1, 0.15) is 17.7 Å². The van der Waals surface area contributed by atoms with Crippen LogP contribution in [0.15, 0.2) is 30.3 Å². The van der Waals surface area contributed by atoms with Gasteiger partial charge in [0, 0.05) is 12.5 Å². The molecule has 11 nitrogen and oxygen atoms in total. The molecule has 0 aromatic heterocycles. The van der Waals surface area contributed by atoms with Crippen molar-refractivity contribution in [2.75, 3.05) is 12.0 Å². The number of amides is 4. The van der Waals surface area contributed by atoms with Gasteiger partial charge in [-0.3, -0.25) is 14.4 Å². The van der Waals surface area contributed by atoms with Crippen molar-refractivity contribution in [2.24, 2.45) is 17.8 Å². The average Bonchev–Trinajstić information content (AvgIpc) is 2.97. The summed E-state index contributed by atoms with van der Waals surface area (Å²) in [5.41, 5.74) is -0.373. The first kappa shape index (κ1) is 44.2. The van der Waals surface area contributed by atoms with Gasteiger partial charge < -0.3 is 35.8 Å². The van der Waals surface area contributed by atoms with E-state index in [-0.39, 0.29) is 24.2 Å². The molecule has 12 heteroatoms. The Bertz CT molecular complexity index is 1170. The van der Waals surface area contributed by atoms with E-state index in [9.17, 15) is 24.3 Å². The maximum Gasteiger partial charge on any atom is 0.408 e. The SMILES string of the molecule is CSCC[C@H](NC(=O)[C@@H](NC(=O)[C@H](CC(C)C)C[C@H](O)C(NC(=O)OC(C)(C)C)C(C)OC(C)(C)C)C(C)C)C(=O)NCc1ccccc1. The molecule has 4 amide bonds. The van der Waals surface area contributed by atoms with Gasteiger partial charge in [-0.1, -0.05) is 58.0 Å². The van der Waals surface area contributed by atoms with Crippen LogP contribution in [0.5, 0.6) is 0 Å². The first-order valence-corrected chi connectivity index (χ1v) is 18.8. The highest BCUT2D eigenvalue weighted by atomic mass is 32.2. The molecule has 0 aliphatic rings. The molecule has 0 saturated heterocycles.